The topological polar surface area (TPSA) is 48.1 Å². The molecule has 0 saturated carbocycles. The van der Waals surface area contributed by atoms with Gasteiger partial charge in [0.2, 0.25) is 0 Å². The minimum Gasteiger partial charge on any atom is -0.497 e. The Morgan fingerprint density at radius 3 is 2.47 bits per heavy atom. The lowest BCUT2D eigenvalue weighted by molar-refractivity contribution is -0.142. The van der Waals surface area contributed by atoms with Gasteiger partial charge in [-0.15, -0.1) is 0 Å². The van der Waals surface area contributed by atoms with Crippen molar-refractivity contribution in [3.05, 3.63) is 29.8 Å². The lowest BCUT2D eigenvalue weighted by Crippen LogP contribution is -2.09. The fourth-order valence-corrected chi connectivity index (χ4v) is 1.45. The first-order valence-electron chi connectivity index (χ1n) is 4.63. The summed E-state index contributed by atoms with van der Waals surface area (Å²) in [6.07, 6.45) is -0.605. The molecule has 1 aliphatic heterocycles. The highest BCUT2D eigenvalue weighted by atomic mass is 16.6. The van der Waals surface area contributed by atoms with Crippen LogP contribution in [0.5, 0.6) is 5.75 Å². The summed E-state index contributed by atoms with van der Waals surface area (Å²) < 4.78 is 14.8. The van der Waals surface area contributed by atoms with Gasteiger partial charge in [-0.2, -0.15) is 0 Å². The van der Waals surface area contributed by atoms with E-state index in [1.165, 1.54) is 7.11 Å². The van der Waals surface area contributed by atoms with E-state index >= 15 is 0 Å². The number of ether oxygens (including phenoxy) is 3. The van der Waals surface area contributed by atoms with Gasteiger partial charge in [-0.05, 0) is 17.7 Å². The van der Waals surface area contributed by atoms with Gasteiger partial charge in [-0.1, -0.05) is 12.1 Å². The molecule has 1 aromatic carbocycles. The molecule has 15 heavy (non-hydrogen) atoms. The minimum absolute atomic E-state index is 0.164. The quantitative estimate of drug-likeness (QED) is 0.555. The number of benzene rings is 1. The van der Waals surface area contributed by atoms with Gasteiger partial charge in [0.15, 0.2) is 6.10 Å². The number of rotatable bonds is 3. The average molecular weight is 208 g/mol. The van der Waals surface area contributed by atoms with E-state index in [4.69, 9.17) is 9.47 Å². The van der Waals surface area contributed by atoms with E-state index in [-0.39, 0.29) is 12.1 Å². The van der Waals surface area contributed by atoms with Crippen molar-refractivity contribution in [1.82, 2.24) is 0 Å². The molecular weight excluding hydrogens is 196 g/mol. The number of hydrogen-bond donors (Lipinski definition) is 0. The molecule has 2 atom stereocenters. The van der Waals surface area contributed by atoms with E-state index < -0.39 is 6.10 Å². The standard InChI is InChI=1S/C11H12O4/c1-13-8-5-3-7(4-6-8)9-10(15-9)11(12)14-2/h3-6,9-10H,1-2H3/t9-,10-/m1/s1. The van der Waals surface area contributed by atoms with Crippen molar-refractivity contribution in [2.45, 2.75) is 12.2 Å². The molecule has 1 aliphatic rings. The number of epoxide rings is 1. The van der Waals surface area contributed by atoms with Crippen molar-refractivity contribution < 1.29 is 19.0 Å². The maximum Gasteiger partial charge on any atom is 0.338 e. The smallest absolute Gasteiger partial charge is 0.338 e. The first-order valence-corrected chi connectivity index (χ1v) is 4.63. The first kappa shape index (κ1) is 9.98. The Morgan fingerprint density at radius 2 is 1.93 bits per heavy atom. The molecule has 0 N–H and O–H groups in total. The predicted octanol–water partition coefficient (Wildman–Crippen LogP) is 1.31. The fourth-order valence-electron chi connectivity index (χ4n) is 1.45. The lowest BCUT2D eigenvalue weighted by atomic mass is 10.1. The summed E-state index contributed by atoms with van der Waals surface area (Å²) in [6, 6.07) is 7.44. The van der Waals surface area contributed by atoms with Gasteiger partial charge in [0, 0.05) is 0 Å². The van der Waals surface area contributed by atoms with Gasteiger partial charge in [0.05, 0.1) is 14.2 Å². The molecule has 0 radical (unpaired) electrons. The molecule has 1 heterocycles. The second-order valence-corrected chi connectivity index (χ2v) is 3.27. The van der Waals surface area contributed by atoms with Crippen molar-refractivity contribution in [2.75, 3.05) is 14.2 Å². The van der Waals surface area contributed by atoms with Gasteiger partial charge in [-0.3, -0.25) is 0 Å². The number of esters is 1. The molecule has 1 aromatic rings. The number of carbonyl (C=O) groups excluding carboxylic acids is 1. The molecule has 0 unspecified atom stereocenters. The highest BCUT2D eigenvalue weighted by Gasteiger charge is 2.47. The summed E-state index contributed by atoms with van der Waals surface area (Å²) in [4.78, 5) is 11.1. The van der Waals surface area contributed by atoms with Gasteiger partial charge >= 0.3 is 5.97 Å². The summed E-state index contributed by atoms with van der Waals surface area (Å²) in [6.45, 7) is 0. The zero-order valence-corrected chi connectivity index (χ0v) is 8.60. The Hall–Kier alpha value is -1.55. The van der Waals surface area contributed by atoms with E-state index in [1.54, 1.807) is 7.11 Å². The molecule has 1 saturated heterocycles. The van der Waals surface area contributed by atoms with E-state index in [1.807, 2.05) is 24.3 Å². The molecule has 4 heteroatoms. The normalized spacial score (nSPS) is 23.3. The molecule has 0 aliphatic carbocycles. The van der Waals surface area contributed by atoms with Gasteiger partial charge < -0.3 is 14.2 Å². The van der Waals surface area contributed by atoms with Crippen LogP contribution in [0.1, 0.15) is 11.7 Å². The Morgan fingerprint density at radius 1 is 1.27 bits per heavy atom. The Kier molecular flexibility index (Phi) is 2.60. The molecule has 0 bridgehead atoms. The second-order valence-electron chi connectivity index (χ2n) is 3.27. The molecule has 0 amide bonds. The third-order valence-electron chi connectivity index (χ3n) is 2.37. The van der Waals surface area contributed by atoms with Crippen LogP contribution >= 0.6 is 0 Å². The van der Waals surface area contributed by atoms with E-state index in [9.17, 15) is 4.79 Å². The van der Waals surface area contributed by atoms with Crippen LogP contribution in [0.15, 0.2) is 24.3 Å². The van der Waals surface area contributed by atoms with Gasteiger partial charge in [0.1, 0.15) is 11.9 Å². The molecule has 80 valence electrons. The third-order valence-corrected chi connectivity index (χ3v) is 2.37. The number of carbonyl (C=O) groups is 1. The first-order chi connectivity index (χ1) is 7.26. The summed E-state index contributed by atoms with van der Waals surface area (Å²) in [5.74, 6) is 0.463. The highest BCUT2D eigenvalue weighted by Crippen LogP contribution is 2.39. The lowest BCUT2D eigenvalue weighted by Gasteiger charge is -2.00. The molecule has 0 aromatic heterocycles. The van der Waals surface area contributed by atoms with Crippen LogP contribution in [0.4, 0.5) is 0 Å². The van der Waals surface area contributed by atoms with E-state index in [2.05, 4.69) is 4.74 Å². The Bertz CT molecular complexity index is 357. The molecule has 1 fully saturated rings. The summed E-state index contributed by atoms with van der Waals surface area (Å²) in [5.41, 5.74) is 0.964. The van der Waals surface area contributed by atoms with Crippen LogP contribution in [0, 0.1) is 0 Å². The van der Waals surface area contributed by atoms with Crippen LogP contribution in [0.25, 0.3) is 0 Å². The van der Waals surface area contributed by atoms with Crippen LogP contribution < -0.4 is 4.74 Å². The van der Waals surface area contributed by atoms with Crippen molar-refractivity contribution in [3.8, 4) is 5.75 Å². The third kappa shape index (κ3) is 1.94. The highest BCUT2D eigenvalue weighted by molar-refractivity contribution is 5.78. The Balaban J connectivity index is 2.04. The van der Waals surface area contributed by atoms with Gasteiger partial charge in [-0.25, -0.2) is 4.79 Å². The SMILES string of the molecule is COC(=O)[C@@H]1O[C@@H]1c1ccc(OC)cc1. The van der Waals surface area contributed by atoms with Gasteiger partial charge in [0.25, 0.3) is 0 Å². The number of methoxy groups -OCH3 is 2. The predicted molar refractivity (Wildman–Crippen MR) is 52.6 cm³/mol. The largest absolute Gasteiger partial charge is 0.497 e. The summed E-state index contributed by atoms with van der Waals surface area (Å²) in [5, 5.41) is 0. The fraction of sp³-hybridized carbons (Fsp3) is 0.364. The molecule has 0 spiro atoms. The Labute approximate surface area is 87.8 Å². The zero-order chi connectivity index (χ0) is 10.8. The van der Waals surface area contributed by atoms with Crippen molar-refractivity contribution >= 4 is 5.97 Å². The van der Waals surface area contributed by atoms with Crippen LogP contribution in [-0.2, 0) is 14.3 Å². The average Bonchev–Trinajstić information content (AvgIpc) is 3.08. The molecule has 2 rings (SSSR count). The summed E-state index contributed by atoms with van der Waals surface area (Å²) in [7, 11) is 2.97. The number of hydrogen-bond acceptors (Lipinski definition) is 4. The monoisotopic (exact) mass is 208 g/mol. The van der Waals surface area contributed by atoms with Crippen LogP contribution in [-0.4, -0.2) is 26.3 Å². The van der Waals surface area contributed by atoms with Crippen molar-refractivity contribution in [1.29, 1.82) is 0 Å². The molecule has 4 nitrogen and oxygen atoms in total. The minimum atomic E-state index is -0.441. The molecular formula is C11H12O4. The van der Waals surface area contributed by atoms with Crippen LogP contribution in [0.2, 0.25) is 0 Å². The summed E-state index contributed by atoms with van der Waals surface area (Å²) >= 11 is 0. The van der Waals surface area contributed by atoms with E-state index in [0.717, 1.165) is 11.3 Å². The van der Waals surface area contributed by atoms with Crippen molar-refractivity contribution in [2.24, 2.45) is 0 Å². The zero-order valence-electron chi connectivity index (χ0n) is 8.60. The van der Waals surface area contributed by atoms with E-state index in [0.29, 0.717) is 0 Å². The maximum atomic E-state index is 11.1. The maximum absolute atomic E-state index is 11.1. The van der Waals surface area contributed by atoms with Crippen LogP contribution in [0.3, 0.4) is 0 Å². The second kappa shape index (κ2) is 3.90. The van der Waals surface area contributed by atoms with Crippen molar-refractivity contribution in [3.63, 3.8) is 0 Å².